The van der Waals surface area contributed by atoms with Crippen molar-refractivity contribution in [3.63, 3.8) is 0 Å². The molecule has 2 amide bonds. The van der Waals surface area contributed by atoms with Crippen LogP contribution >= 0.6 is 0 Å². The molecule has 9 nitrogen and oxygen atoms in total. The first-order chi connectivity index (χ1) is 13.9. The molecule has 0 aliphatic carbocycles. The number of ketones is 1. The molecule has 0 saturated carbocycles. The molecule has 0 fully saturated rings. The lowest BCUT2D eigenvalue weighted by molar-refractivity contribution is -0.127. The zero-order valence-electron chi connectivity index (χ0n) is 17.3. The highest BCUT2D eigenvalue weighted by atomic mass is 16.6. The van der Waals surface area contributed by atoms with Gasteiger partial charge in [-0.15, -0.1) is 0 Å². The standard InChI is InChI=1S/C20H31N3O6/c1-15(24)8-10-27-12-13-28-11-9-19(25)22-16(2)20(26)23-18-6-4-17(5-7-18)14-29-21-3/h4-7,16,21H,8-14H2,1-3H3,(H,22,25)(H,23,26)/t16-/m1/s1. The van der Waals surface area contributed by atoms with Crippen molar-refractivity contribution < 1.29 is 28.7 Å². The summed E-state index contributed by atoms with van der Waals surface area (Å²) in [4.78, 5) is 39.9. The molecule has 0 bridgehead atoms. The van der Waals surface area contributed by atoms with Crippen molar-refractivity contribution in [1.29, 1.82) is 0 Å². The average molecular weight is 409 g/mol. The minimum Gasteiger partial charge on any atom is -0.379 e. The minimum absolute atomic E-state index is 0.0804. The molecule has 0 radical (unpaired) electrons. The molecule has 0 aliphatic heterocycles. The van der Waals surface area contributed by atoms with Crippen LogP contribution in [-0.2, 0) is 35.3 Å². The first kappa shape index (κ1) is 24.7. The number of hydrogen-bond donors (Lipinski definition) is 3. The lowest BCUT2D eigenvalue weighted by atomic mass is 10.2. The summed E-state index contributed by atoms with van der Waals surface area (Å²) in [6.07, 6.45) is 0.530. The number of hydroxylamine groups is 1. The van der Waals surface area contributed by atoms with E-state index in [1.54, 1.807) is 26.1 Å². The number of ether oxygens (including phenoxy) is 2. The molecule has 29 heavy (non-hydrogen) atoms. The molecule has 0 saturated heterocycles. The van der Waals surface area contributed by atoms with Gasteiger partial charge in [0.25, 0.3) is 0 Å². The Morgan fingerprint density at radius 2 is 1.59 bits per heavy atom. The van der Waals surface area contributed by atoms with Gasteiger partial charge >= 0.3 is 0 Å². The van der Waals surface area contributed by atoms with E-state index >= 15 is 0 Å². The Morgan fingerprint density at radius 3 is 2.17 bits per heavy atom. The number of rotatable bonds is 15. The van der Waals surface area contributed by atoms with Crippen molar-refractivity contribution in [2.45, 2.75) is 39.3 Å². The fourth-order valence-corrected chi connectivity index (χ4v) is 2.17. The van der Waals surface area contributed by atoms with Crippen LogP contribution in [0.3, 0.4) is 0 Å². The smallest absolute Gasteiger partial charge is 0.246 e. The molecule has 0 aliphatic rings. The molecule has 0 spiro atoms. The highest BCUT2D eigenvalue weighted by molar-refractivity contribution is 5.96. The molecular weight excluding hydrogens is 378 g/mol. The van der Waals surface area contributed by atoms with Crippen molar-refractivity contribution in [3.8, 4) is 0 Å². The van der Waals surface area contributed by atoms with E-state index < -0.39 is 6.04 Å². The van der Waals surface area contributed by atoms with E-state index in [0.29, 0.717) is 38.5 Å². The Kier molecular flexibility index (Phi) is 12.5. The summed E-state index contributed by atoms with van der Waals surface area (Å²) in [6.45, 7) is 4.86. The number of carbonyl (C=O) groups excluding carboxylic acids is 3. The fourth-order valence-electron chi connectivity index (χ4n) is 2.17. The quantitative estimate of drug-likeness (QED) is 0.294. The second-order valence-electron chi connectivity index (χ2n) is 6.39. The average Bonchev–Trinajstić information content (AvgIpc) is 2.69. The number of hydrogen-bond acceptors (Lipinski definition) is 7. The van der Waals surface area contributed by atoms with Crippen molar-refractivity contribution >= 4 is 23.3 Å². The first-order valence-corrected chi connectivity index (χ1v) is 9.55. The van der Waals surface area contributed by atoms with Crippen molar-refractivity contribution in [1.82, 2.24) is 10.8 Å². The van der Waals surface area contributed by atoms with Crippen molar-refractivity contribution in [2.24, 2.45) is 0 Å². The van der Waals surface area contributed by atoms with Gasteiger partial charge in [-0.2, -0.15) is 0 Å². The SMILES string of the molecule is CNOCc1ccc(NC(=O)[C@@H](C)NC(=O)CCOCCOCCC(C)=O)cc1. The topological polar surface area (TPSA) is 115 Å². The van der Waals surface area contributed by atoms with Gasteiger partial charge in [0, 0.05) is 25.6 Å². The number of carbonyl (C=O) groups is 3. The van der Waals surface area contributed by atoms with E-state index in [2.05, 4.69) is 16.1 Å². The second kappa shape index (κ2) is 14.6. The number of Topliss-reactive ketones (excluding diaryl/α,β-unsaturated/α-hetero) is 1. The van der Waals surface area contributed by atoms with E-state index in [4.69, 9.17) is 14.3 Å². The summed E-state index contributed by atoms with van der Waals surface area (Å²) in [7, 11) is 1.68. The molecule has 162 valence electrons. The van der Waals surface area contributed by atoms with Crippen LogP contribution in [0.5, 0.6) is 0 Å². The Bertz CT molecular complexity index is 636. The number of benzene rings is 1. The van der Waals surface area contributed by atoms with Gasteiger partial charge in [0.05, 0.1) is 33.0 Å². The van der Waals surface area contributed by atoms with Crippen LogP contribution < -0.4 is 16.1 Å². The molecule has 1 aromatic rings. The molecule has 1 rings (SSSR count). The zero-order valence-corrected chi connectivity index (χ0v) is 17.3. The van der Waals surface area contributed by atoms with Crippen LogP contribution in [0.2, 0.25) is 0 Å². The van der Waals surface area contributed by atoms with Gasteiger partial charge in [0.2, 0.25) is 11.8 Å². The van der Waals surface area contributed by atoms with Crippen LogP contribution in [0.25, 0.3) is 0 Å². The van der Waals surface area contributed by atoms with Gasteiger partial charge in [-0.1, -0.05) is 12.1 Å². The predicted molar refractivity (Wildman–Crippen MR) is 108 cm³/mol. The van der Waals surface area contributed by atoms with E-state index in [0.717, 1.165) is 5.56 Å². The van der Waals surface area contributed by atoms with Gasteiger partial charge in [-0.25, -0.2) is 5.48 Å². The van der Waals surface area contributed by atoms with Crippen LogP contribution in [-0.4, -0.2) is 57.1 Å². The molecular formula is C20H31N3O6. The molecule has 1 atom stereocenters. The molecule has 0 aromatic heterocycles. The largest absolute Gasteiger partial charge is 0.379 e. The van der Waals surface area contributed by atoms with Gasteiger partial charge in [-0.3, -0.25) is 19.2 Å². The van der Waals surface area contributed by atoms with Crippen molar-refractivity contribution in [2.75, 3.05) is 38.8 Å². The van der Waals surface area contributed by atoms with E-state index in [1.165, 1.54) is 6.92 Å². The molecule has 3 N–H and O–H groups in total. The fraction of sp³-hybridized carbons (Fsp3) is 0.550. The van der Waals surface area contributed by atoms with Gasteiger partial charge in [0.1, 0.15) is 11.8 Å². The molecule has 9 heteroatoms. The zero-order chi connectivity index (χ0) is 21.5. The second-order valence-corrected chi connectivity index (χ2v) is 6.39. The Morgan fingerprint density at radius 1 is 0.966 bits per heavy atom. The Hall–Kier alpha value is -2.33. The summed E-state index contributed by atoms with van der Waals surface area (Å²) in [5.41, 5.74) is 4.19. The lowest BCUT2D eigenvalue weighted by Crippen LogP contribution is -2.41. The summed E-state index contributed by atoms with van der Waals surface area (Å²) in [5, 5.41) is 5.39. The Labute approximate surface area is 171 Å². The van der Waals surface area contributed by atoms with Crippen LogP contribution in [0.4, 0.5) is 5.69 Å². The van der Waals surface area contributed by atoms with E-state index in [9.17, 15) is 14.4 Å². The summed E-state index contributed by atoms with van der Waals surface area (Å²) in [6, 6.07) is 6.55. The normalized spacial score (nSPS) is 11.7. The summed E-state index contributed by atoms with van der Waals surface area (Å²) >= 11 is 0. The monoisotopic (exact) mass is 409 g/mol. The Balaban J connectivity index is 2.18. The molecule has 0 heterocycles. The lowest BCUT2D eigenvalue weighted by Gasteiger charge is -2.14. The maximum Gasteiger partial charge on any atom is 0.246 e. The number of nitrogens with one attached hydrogen (secondary N) is 3. The third-order valence-corrected chi connectivity index (χ3v) is 3.82. The highest BCUT2D eigenvalue weighted by Gasteiger charge is 2.15. The van der Waals surface area contributed by atoms with E-state index in [1.807, 2.05) is 12.1 Å². The minimum atomic E-state index is -0.676. The summed E-state index contributed by atoms with van der Waals surface area (Å²) in [5.74, 6) is -0.501. The molecule has 1 aromatic carbocycles. The van der Waals surface area contributed by atoms with Gasteiger partial charge in [0.15, 0.2) is 0 Å². The van der Waals surface area contributed by atoms with Crippen molar-refractivity contribution in [3.05, 3.63) is 29.8 Å². The van der Waals surface area contributed by atoms with Gasteiger partial charge in [-0.05, 0) is 31.5 Å². The third-order valence-electron chi connectivity index (χ3n) is 3.82. The summed E-state index contributed by atoms with van der Waals surface area (Å²) < 4.78 is 10.5. The van der Waals surface area contributed by atoms with Gasteiger partial charge < -0.3 is 20.1 Å². The first-order valence-electron chi connectivity index (χ1n) is 9.55. The van der Waals surface area contributed by atoms with Crippen LogP contribution in [0.15, 0.2) is 24.3 Å². The van der Waals surface area contributed by atoms with Crippen LogP contribution in [0.1, 0.15) is 32.3 Å². The predicted octanol–water partition coefficient (Wildman–Crippen LogP) is 1.18. The molecule has 0 unspecified atom stereocenters. The van der Waals surface area contributed by atoms with Crippen LogP contribution in [0, 0.1) is 0 Å². The maximum atomic E-state index is 12.2. The number of anilines is 1. The maximum absolute atomic E-state index is 12.2. The number of amides is 2. The van der Waals surface area contributed by atoms with E-state index in [-0.39, 0.29) is 30.6 Å². The third kappa shape index (κ3) is 12.0. The highest BCUT2D eigenvalue weighted by Crippen LogP contribution is 2.10.